The molecule has 0 bridgehead atoms. The molecule has 1 amide bonds. The summed E-state index contributed by atoms with van der Waals surface area (Å²) in [7, 11) is 0. The van der Waals surface area contributed by atoms with Crippen LogP contribution in [0.4, 0.5) is 22.1 Å². The number of nitrogens with zero attached hydrogens (tertiary/aromatic N) is 5. The Bertz CT molecular complexity index is 1160. The lowest BCUT2D eigenvalue weighted by Crippen LogP contribution is -2.32. The van der Waals surface area contributed by atoms with E-state index < -0.39 is 11.9 Å². The van der Waals surface area contributed by atoms with Crippen LogP contribution in [0, 0.1) is 18.3 Å². The molecule has 1 aromatic carbocycles. The highest BCUT2D eigenvalue weighted by atomic mass is 32.1. The molecule has 182 valence electrons. The highest BCUT2D eigenvalue weighted by molar-refractivity contribution is 7.10. The van der Waals surface area contributed by atoms with Crippen molar-refractivity contribution in [2.75, 3.05) is 36.5 Å². The minimum Gasteiger partial charge on any atom is -0.461 e. The van der Waals surface area contributed by atoms with Crippen LogP contribution in [0.2, 0.25) is 0 Å². The molecule has 0 atom stereocenters. The molecule has 1 aromatic heterocycles. The van der Waals surface area contributed by atoms with Crippen molar-refractivity contribution < 1.29 is 23.9 Å². The summed E-state index contributed by atoms with van der Waals surface area (Å²) in [4.78, 5) is 36.4. The van der Waals surface area contributed by atoms with Gasteiger partial charge in [-0.15, -0.1) is 10.2 Å². The average molecular weight is 497 g/mol. The van der Waals surface area contributed by atoms with Gasteiger partial charge in [0.25, 0.3) is 0 Å². The van der Waals surface area contributed by atoms with Gasteiger partial charge in [-0.3, -0.25) is 4.79 Å². The molecule has 1 N–H and O–H groups in total. The Kier molecular flexibility index (Phi) is 10.3. The van der Waals surface area contributed by atoms with E-state index in [-0.39, 0.29) is 32.2 Å². The first-order valence-corrected chi connectivity index (χ1v) is 11.1. The third-order valence-electron chi connectivity index (χ3n) is 4.41. The minimum atomic E-state index is -0.562. The smallest absolute Gasteiger partial charge is 0.330 e. The molecule has 0 aliphatic heterocycles. The number of aryl methyl sites for hydroxylation is 1. The summed E-state index contributed by atoms with van der Waals surface area (Å²) in [5, 5.41) is 20.7. The molecular weight excluding hydrogens is 472 g/mol. The van der Waals surface area contributed by atoms with Crippen molar-refractivity contribution in [2.24, 2.45) is 10.2 Å². The number of benzene rings is 1. The summed E-state index contributed by atoms with van der Waals surface area (Å²) in [6, 6.07) is 7.09. The van der Waals surface area contributed by atoms with Gasteiger partial charge in [-0.05, 0) is 36.7 Å². The number of rotatable bonds is 12. The van der Waals surface area contributed by atoms with Crippen LogP contribution < -0.4 is 10.2 Å². The van der Waals surface area contributed by atoms with Gasteiger partial charge in [0.05, 0.1) is 24.5 Å². The zero-order valence-electron chi connectivity index (χ0n) is 19.3. The number of carbonyl (C=O) groups is 3. The number of esters is 2. The maximum absolute atomic E-state index is 11.8. The first-order valence-electron chi connectivity index (χ1n) is 10.3. The van der Waals surface area contributed by atoms with E-state index in [2.05, 4.69) is 33.1 Å². The Balaban J connectivity index is 2.32. The minimum absolute atomic E-state index is 0.0544. The Hall–Kier alpha value is -4.37. The van der Waals surface area contributed by atoms with E-state index in [1.807, 2.05) is 6.07 Å². The van der Waals surface area contributed by atoms with Crippen molar-refractivity contribution >= 4 is 51.4 Å². The van der Waals surface area contributed by atoms with Crippen molar-refractivity contribution in [2.45, 2.75) is 13.8 Å². The van der Waals surface area contributed by atoms with Crippen LogP contribution in [-0.4, -0.2) is 48.5 Å². The van der Waals surface area contributed by atoms with Crippen molar-refractivity contribution in [1.82, 2.24) is 4.37 Å². The largest absolute Gasteiger partial charge is 0.461 e. The maximum Gasteiger partial charge on any atom is 0.330 e. The molecule has 2 aromatic rings. The Morgan fingerprint density at radius 3 is 2.34 bits per heavy atom. The Morgan fingerprint density at radius 1 is 1.17 bits per heavy atom. The number of hydrogen-bond donors (Lipinski definition) is 1. The van der Waals surface area contributed by atoms with E-state index in [0.717, 1.165) is 23.7 Å². The summed E-state index contributed by atoms with van der Waals surface area (Å²) < 4.78 is 14.2. The lowest BCUT2D eigenvalue weighted by molar-refractivity contribution is -0.137. The first-order chi connectivity index (χ1) is 16.8. The third kappa shape index (κ3) is 8.17. The van der Waals surface area contributed by atoms with E-state index in [9.17, 15) is 19.6 Å². The summed E-state index contributed by atoms with van der Waals surface area (Å²) in [6.45, 7) is 10.4. The summed E-state index contributed by atoms with van der Waals surface area (Å²) in [6.07, 6.45) is 2.13. The molecule has 0 unspecified atom stereocenters. The quantitative estimate of drug-likeness (QED) is 0.264. The summed E-state index contributed by atoms with van der Waals surface area (Å²) in [5.41, 5.74) is 2.27. The van der Waals surface area contributed by atoms with Gasteiger partial charge in [0.15, 0.2) is 5.00 Å². The van der Waals surface area contributed by atoms with E-state index in [1.165, 1.54) is 6.92 Å². The van der Waals surface area contributed by atoms with Gasteiger partial charge >= 0.3 is 11.9 Å². The standard InChI is InChI=1S/C23H24N6O5S/c1-5-21(31)33-11-9-29(10-12-34-22(32)6-2)17-7-8-19(20(13-17)25-16(4)30)26-27-23-18(14-24)15(3)28-35-23/h5-8,13H,1-2,9-12H2,3-4H3,(H,25,30). The number of nitriles is 1. The van der Waals surface area contributed by atoms with Crippen molar-refractivity contribution in [3.8, 4) is 6.07 Å². The van der Waals surface area contributed by atoms with Crippen LogP contribution in [0.15, 0.2) is 53.7 Å². The molecule has 0 aliphatic rings. The molecular formula is C23H24N6O5S. The number of nitrogens with one attached hydrogen (secondary N) is 1. The number of aromatic nitrogens is 1. The lowest BCUT2D eigenvalue weighted by Gasteiger charge is -2.25. The molecule has 1 heterocycles. The molecule has 0 saturated carbocycles. The molecule has 0 radical (unpaired) electrons. The van der Waals surface area contributed by atoms with Crippen LogP contribution in [-0.2, 0) is 23.9 Å². The maximum atomic E-state index is 11.8. The molecule has 0 spiro atoms. The number of carbonyl (C=O) groups excluding carboxylic acids is 3. The van der Waals surface area contributed by atoms with Gasteiger partial charge < -0.3 is 19.7 Å². The molecule has 35 heavy (non-hydrogen) atoms. The second kappa shape index (κ2) is 13.4. The van der Waals surface area contributed by atoms with Gasteiger partial charge in [-0.2, -0.15) is 9.64 Å². The Labute approximate surface area is 206 Å². The molecule has 2 rings (SSSR count). The fourth-order valence-electron chi connectivity index (χ4n) is 2.75. The summed E-state index contributed by atoms with van der Waals surface area (Å²) >= 11 is 1.05. The summed E-state index contributed by atoms with van der Waals surface area (Å²) in [5.74, 6) is -1.45. The number of anilines is 2. The first kappa shape index (κ1) is 26.9. The van der Waals surface area contributed by atoms with E-state index in [0.29, 0.717) is 33.3 Å². The van der Waals surface area contributed by atoms with Gasteiger partial charge in [-0.1, -0.05) is 13.2 Å². The van der Waals surface area contributed by atoms with Crippen LogP contribution in [0.1, 0.15) is 18.2 Å². The average Bonchev–Trinajstić information content (AvgIpc) is 3.20. The lowest BCUT2D eigenvalue weighted by atomic mass is 10.2. The number of amides is 1. The number of azo groups is 1. The fourth-order valence-corrected chi connectivity index (χ4v) is 3.43. The van der Waals surface area contributed by atoms with Crippen LogP contribution in [0.3, 0.4) is 0 Å². The highest BCUT2D eigenvalue weighted by Gasteiger charge is 2.14. The van der Waals surface area contributed by atoms with Crippen LogP contribution >= 0.6 is 11.5 Å². The van der Waals surface area contributed by atoms with E-state index in [1.54, 1.807) is 30.0 Å². The zero-order valence-corrected chi connectivity index (χ0v) is 20.1. The van der Waals surface area contributed by atoms with Gasteiger partial charge in [-0.25, -0.2) is 9.59 Å². The van der Waals surface area contributed by atoms with E-state index in [4.69, 9.17) is 9.47 Å². The van der Waals surface area contributed by atoms with Gasteiger partial charge in [0.1, 0.15) is 30.5 Å². The normalized spacial score (nSPS) is 10.3. The Morgan fingerprint density at radius 2 is 1.80 bits per heavy atom. The van der Waals surface area contributed by atoms with Crippen molar-refractivity contribution in [3.63, 3.8) is 0 Å². The molecule has 0 aliphatic carbocycles. The van der Waals surface area contributed by atoms with Crippen LogP contribution in [0.25, 0.3) is 0 Å². The zero-order chi connectivity index (χ0) is 25.8. The topological polar surface area (TPSA) is 146 Å². The molecule has 12 heteroatoms. The third-order valence-corrected chi connectivity index (χ3v) is 5.23. The second-order valence-corrected chi connectivity index (χ2v) is 7.62. The predicted octanol–water partition coefficient (Wildman–Crippen LogP) is 3.96. The van der Waals surface area contributed by atoms with Gasteiger partial charge in [0, 0.05) is 24.8 Å². The number of hydrogen-bond acceptors (Lipinski definition) is 11. The van der Waals surface area contributed by atoms with Crippen molar-refractivity contribution in [3.05, 3.63) is 54.8 Å². The molecule has 0 saturated heterocycles. The predicted molar refractivity (Wildman–Crippen MR) is 131 cm³/mol. The fraction of sp³-hybridized carbons (Fsp3) is 0.261. The molecule has 0 fully saturated rings. The van der Waals surface area contributed by atoms with Gasteiger partial charge in [0.2, 0.25) is 5.91 Å². The van der Waals surface area contributed by atoms with Crippen LogP contribution in [0.5, 0.6) is 0 Å². The SMILES string of the molecule is C=CC(=O)OCCN(CCOC(=O)C=C)c1ccc(N=Nc2snc(C)c2C#N)c(NC(C)=O)c1. The molecule has 11 nitrogen and oxygen atoms in total. The van der Waals surface area contributed by atoms with Crippen molar-refractivity contribution in [1.29, 1.82) is 5.26 Å². The second-order valence-electron chi connectivity index (χ2n) is 6.87. The highest BCUT2D eigenvalue weighted by Crippen LogP contribution is 2.34. The monoisotopic (exact) mass is 496 g/mol. The number of ether oxygens (including phenoxy) is 2. The van der Waals surface area contributed by atoms with E-state index >= 15 is 0 Å².